The fourth-order valence-electron chi connectivity index (χ4n) is 2.56. The smallest absolute Gasteiger partial charge is 0.111 e. The number of unbranched alkanes of at least 4 members (excludes halogenated alkanes) is 9. The first-order chi connectivity index (χ1) is 12.0. The number of hydroxylamine groups is 1. The summed E-state index contributed by atoms with van der Waals surface area (Å²) >= 11 is 0. The van der Waals surface area contributed by atoms with Gasteiger partial charge in [0.25, 0.3) is 0 Å². The highest BCUT2D eigenvalue weighted by atomic mass is 16.6. The summed E-state index contributed by atoms with van der Waals surface area (Å²) in [6.07, 6.45) is 6.50. The Kier molecular flexibility index (Phi) is 17.0. The molecule has 25 heavy (non-hydrogen) atoms. The summed E-state index contributed by atoms with van der Waals surface area (Å²) in [6, 6.07) is 0. The average Bonchev–Trinajstić information content (AvgIpc) is 2.63. The van der Waals surface area contributed by atoms with E-state index in [2.05, 4.69) is 12.4 Å². The second kappa shape index (κ2) is 17.1. The van der Waals surface area contributed by atoms with E-state index in [1.807, 2.05) is 0 Å². The number of rotatable bonds is 18. The van der Waals surface area contributed by atoms with Crippen molar-refractivity contribution in [1.82, 2.24) is 5.48 Å². The van der Waals surface area contributed by atoms with Gasteiger partial charge in [-0.05, 0) is 6.42 Å². The van der Waals surface area contributed by atoms with E-state index in [0.717, 1.165) is 12.8 Å². The summed E-state index contributed by atoms with van der Waals surface area (Å²) in [6.45, 7) is 1.98. The molecule has 0 saturated carbocycles. The molecule has 0 rings (SSSR count). The highest BCUT2D eigenvalue weighted by Crippen LogP contribution is 2.10. The first-order valence-electron chi connectivity index (χ1n) is 9.72. The second-order valence-electron chi connectivity index (χ2n) is 6.69. The summed E-state index contributed by atoms with van der Waals surface area (Å²) in [5, 5.41) is 46.6. The third-order valence-corrected chi connectivity index (χ3v) is 4.31. The van der Waals surface area contributed by atoms with E-state index in [0.29, 0.717) is 6.54 Å². The zero-order chi connectivity index (χ0) is 18.9. The number of aliphatic hydroxyl groups is 5. The normalized spacial score (nSPS) is 16.6. The Hall–Kier alpha value is -0.280. The fourth-order valence-corrected chi connectivity index (χ4v) is 2.56. The van der Waals surface area contributed by atoms with Crippen molar-refractivity contribution in [1.29, 1.82) is 0 Å². The number of nitrogens with one attached hydrogen (secondary N) is 1. The van der Waals surface area contributed by atoms with E-state index in [1.165, 1.54) is 51.4 Å². The maximum Gasteiger partial charge on any atom is 0.111 e. The molecule has 0 fully saturated rings. The Morgan fingerprint density at radius 1 is 0.720 bits per heavy atom. The van der Waals surface area contributed by atoms with Gasteiger partial charge in [-0.25, -0.2) is 5.48 Å². The van der Waals surface area contributed by atoms with Crippen molar-refractivity contribution >= 4 is 0 Å². The van der Waals surface area contributed by atoms with Crippen LogP contribution < -0.4 is 5.48 Å². The molecule has 0 aromatic heterocycles. The summed E-state index contributed by atoms with van der Waals surface area (Å²) < 4.78 is 0. The molecule has 0 amide bonds. The van der Waals surface area contributed by atoms with Crippen LogP contribution in [0.4, 0.5) is 0 Å². The lowest BCUT2D eigenvalue weighted by Gasteiger charge is -2.25. The van der Waals surface area contributed by atoms with E-state index >= 15 is 0 Å². The summed E-state index contributed by atoms with van der Waals surface area (Å²) in [5.74, 6) is 0. The van der Waals surface area contributed by atoms with Crippen LogP contribution in [-0.2, 0) is 4.84 Å². The van der Waals surface area contributed by atoms with Gasteiger partial charge in [-0.2, -0.15) is 0 Å². The minimum Gasteiger partial charge on any atom is -0.394 e. The molecule has 4 atom stereocenters. The first-order valence-corrected chi connectivity index (χ1v) is 9.72. The van der Waals surface area contributed by atoms with Crippen LogP contribution in [0.25, 0.3) is 0 Å². The lowest BCUT2D eigenvalue weighted by Crippen LogP contribution is -2.47. The Bertz CT molecular complexity index is 282. The van der Waals surface area contributed by atoms with Gasteiger partial charge in [0.1, 0.15) is 24.4 Å². The van der Waals surface area contributed by atoms with Crippen LogP contribution in [0.15, 0.2) is 0 Å². The predicted octanol–water partition coefficient (Wildman–Crippen LogP) is 0.864. The lowest BCUT2D eigenvalue weighted by atomic mass is 10.0. The van der Waals surface area contributed by atoms with Crippen LogP contribution in [0, 0.1) is 0 Å². The Morgan fingerprint density at radius 3 is 1.72 bits per heavy atom. The molecule has 0 aliphatic carbocycles. The van der Waals surface area contributed by atoms with Crippen LogP contribution in [0.5, 0.6) is 0 Å². The SMILES string of the molecule is CCCCCCCCCCCCNOC[C@H](O)[C@@H](O)[C@H](O)[C@H](O)CO. The molecule has 7 nitrogen and oxygen atoms in total. The van der Waals surface area contributed by atoms with Crippen LogP contribution >= 0.6 is 0 Å². The molecule has 0 saturated heterocycles. The lowest BCUT2D eigenvalue weighted by molar-refractivity contribution is -0.137. The third-order valence-electron chi connectivity index (χ3n) is 4.31. The largest absolute Gasteiger partial charge is 0.394 e. The van der Waals surface area contributed by atoms with Crippen LogP contribution in [0.2, 0.25) is 0 Å². The number of aliphatic hydroxyl groups excluding tert-OH is 5. The van der Waals surface area contributed by atoms with Crippen LogP contribution in [-0.4, -0.2) is 69.7 Å². The Balaban J connectivity index is 3.40. The van der Waals surface area contributed by atoms with Crippen molar-refractivity contribution in [3.05, 3.63) is 0 Å². The van der Waals surface area contributed by atoms with Crippen molar-refractivity contribution in [3.8, 4) is 0 Å². The Morgan fingerprint density at radius 2 is 1.20 bits per heavy atom. The van der Waals surface area contributed by atoms with Gasteiger partial charge in [0.15, 0.2) is 0 Å². The molecular weight excluding hydrogens is 326 g/mol. The van der Waals surface area contributed by atoms with Gasteiger partial charge < -0.3 is 25.5 Å². The maximum atomic E-state index is 9.64. The van der Waals surface area contributed by atoms with Crippen molar-refractivity contribution in [2.24, 2.45) is 0 Å². The Labute approximate surface area is 152 Å². The predicted molar refractivity (Wildman–Crippen MR) is 96.9 cm³/mol. The van der Waals surface area contributed by atoms with E-state index in [4.69, 9.17) is 9.94 Å². The van der Waals surface area contributed by atoms with Crippen LogP contribution in [0.3, 0.4) is 0 Å². The molecule has 7 heteroatoms. The molecule has 0 aliphatic heterocycles. The summed E-state index contributed by atoms with van der Waals surface area (Å²) in [4.78, 5) is 5.05. The summed E-state index contributed by atoms with van der Waals surface area (Å²) in [7, 11) is 0. The summed E-state index contributed by atoms with van der Waals surface area (Å²) in [5.41, 5.74) is 2.71. The van der Waals surface area contributed by atoms with Crippen molar-refractivity contribution in [3.63, 3.8) is 0 Å². The zero-order valence-electron chi connectivity index (χ0n) is 15.6. The monoisotopic (exact) mass is 365 g/mol. The van der Waals surface area contributed by atoms with Gasteiger partial charge in [-0.15, -0.1) is 0 Å². The van der Waals surface area contributed by atoms with E-state index in [-0.39, 0.29) is 6.61 Å². The minimum atomic E-state index is -1.62. The second-order valence-corrected chi connectivity index (χ2v) is 6.69. The molecule has 0 aromatic rings. The standard InChI is InChI=1S/C18H39NO6/c1-2-3-4-5-6-7-8-9-10-11-12-19-25-14-16(22)18(24)17(23)15(21)13-20/h15-24H,2-14H2,1H3/t15-,16+,17-,18-/m1/s1. The minimum absolute atomic E-state index is 0.214. The molecule has 0 heterocycles. The quantitative estimate of drug-likeness (QED) is 0.157. The molecule has 0 bridgehead atoms. The van der Waals surface area contributed by atoms with E-state index < -0.39 is 31.0 Å². The van der Waals surface area contributed by atoms with Crippen molar-refractivity contribution < 1.29 is 30.4 Å². The van der Waals surface area contributed by atoms with Gasteiger partial charge in [0.05, 0.1) is 13.2 Å². The molecule has 0 radical (unpaired) electrons. The van der Waals surface area contributed by atoms with Gasteiger partial charge in [-0.3, -0.25) is 4.84 Å². The molecule has 6 N–H and O–H groups in total. The topological polar surface area (TPSA) is 122 Å². The highest BCUT2D eigenvalue weighted by molar-refractivity contribution is 4.80. The van der Waals surface area contributed by atoms with E-state index in [9.17, 15) is 20.4 Å². The first kappa shape index (κ1) is 24.7. The maximum absolute atomic E-state index is 9.64. The molecule has 152 valence electrons. The molecule has 0 unspecified atom stereocenters. The molecular formula is C18H39NO6. The van der Waals surface area contributed by atoms with Gasteiger partial charge in [0.2, 0.25) is 0 Å². The fraction of sp³-hybridized carbons (Fsp3) is 1.00. The number of hydrogen-bond donors (Lipinski definition) is 6. The van der Waals surface area contributed by atoms with Gasteiger partial charge >= 0.3 is 0 Å². The molecule has 0 spiro atoms. The molecule has 0 aliphatic rings. The van der Waals surface area contributed by atoms with Crippen molar-refractivity contribution in [2.75, 3.05) is 19.8 Å². The van der Waals surface area contributed by atoms with Crippen molar-refractivity contribution in [2.45, 2.75) is 95.5 Å². The van der Waals surface area contributed by atoms with Gasteiger partial charge in [-0.1, -0.05) is 64.7 Å². The van der Waals surface area contributed by atoms with Gasteiger partial charge in [0, 0.05) is 6.54 Å². The zero-order valence-corrected chi connectivity index (χ0v) is 15.6. The average molecular weight is 366 g/mol. The third kappa shape index (κ3) is 13.6. The van der Waals surface area contributed by atoms with Crippen LogP contribution in [0.1, 0.15) is 71.1 Å². The molecule has 0 aromatic carbocycles. The highest BCUT2D eigenvalue weighted by Gasteiger charge is 2.30. The number of hydrogen-bond acceptors (Lipinski definition) is 7. The van der Waals surface area contributed by atoms with E-state index in [1.54, 1.807) is 0 Å².